The van der Waals surface area contributed by atoms with Crippen molar-refractivity contribution in [1.82, 2.24) is 4.90 Å². The summed E-state index contributed by atoms with van der Waals surface area (Å²) in [5.41, 5.74) is 7.75. The molecule has 0 spiro atoms. The average Bonchev–Trinajstić information content (AvgIpc) is 2.84. The molecule has 0 saturated heterocycles. The van der Waals surface area contributed by atoms with E-state index in [2.05, 4.69) is 39.3 Å². The Hall–Kier alpha value is -0.950. The molecule has 6 heteroatoms. The minimum atomic E-state index is 0.389. The monoisotopic (exact) mass is 384 g/mol. The summed E-state index contributed by atoms with van der Waals surface area (Å²) < 4.78 is 6.91. The molecular formula is C15H17BrN2OS2. The van der Waals surface area contributed by atoms with E-state index in [1.165, 1.54) is 5.56 Å². The van der Waals surface area contributed by atoms with Gasteiger partial charge in [0.2, 0.25) is 0 Å². The summed E-state index contributed by atoms with van der Waals surface area (Å²) >= 11 is 10.1. The molecule has 3 nitrogen and oxygen atoms in total. The van der Waals surface area contributed by atoms with E-state index in [0.29, 0.717) is 11.6 Å². The lowest BCUT2D eigenvalue weighted by Crippen LogP contribution is -2.23. The summed E-state index contributed by atoms with van der Waals surface area (Å²) in [4.78, 5) is 2.62. The first-order valence-corrected chi connectivity index (χ1v) is 8.57. The van der Waals surface area contributed by atoms with Crippen molar-refractivity contribution >= 4 is 44.5 Å². The van der Waals surface area contributed by atoms with Gasteiger partial charge in [0, 0.05) is 18.7 Å². The first kappa shape index (κ1) is 16.4. The minimum absolute atomic E-state index is 0.389. The summed E-state index contributed by atoms with van der Waals surface area (Å²) in [7, 11) is 2.08. The molecule has 0 aliphatic heterocycles. The van der Waals surface area contributed by atoms with Gasteiger partial charge in [-0.1, -0.05) is 24.4 Å². The van der Waals surface area contributed by atoms with E-state index in [1.54, 1.807) is 11.3 Å². The molecule has 0 atom stereocenters. The SMILES string of the molecule is CN(CCOc1cccc(C(N)=S)c1)Cc1csc(Br)c1. The van der Waals surface area contributed by atoms with Crippen molar-refractivity contribution in [1.29, 1.82) is 0 Å². The zero-order valence-electron chi connectivity index (χ0n) is 11.7. The predicted octanol–water partition coefficient (Wildman–Crippen LogP) is 3.66. The van der Waals surface area contributed by atoms with Crippen LogP contribution in [0.1, 0.15) is 11.1 Å². The highest BCUT2D eigenvalue weighted by Gasteiger charge is 2.04. The number of thiocarbonyl (C=S) groups is 1. The largest absolute Gasteiger partial charge is 0.492 e. The molecule has 1 aromatic heterocycles. The summed E-state index contributed by atoms with van der Waals surface area (Å²) in [5, 5.41) is 2.16. The van der Waals surface area contributed by atoms with Crippen LogP contribution in [0.25, 0.3) is 0 Å². The maximum Gasteiger partial charge on any atom is 0.120 e. The number of nitrogens with zero attached hydrogens (tertiary/aromatic N) is 1. The second kappa shape index (κ2) is 7.89. The van der Waals surface area contributed by atoms with Crippen LogP contribution in [-0.2, 0) is 6.54 Å². The number of nitrogens with two attached hydrogens (primary N) is 1. The van der Waals surface area contributed by atoms with Gasteiger partial charge >= 0.3 is 0 Å². The lowest BCUT2D eigenvalue weighted by atomic mass is 10.2. The first-order chi connectivity index (χ1) is 10.0. The third kappa shape index (κ3) is 5.39. The van der Waals surface area contributed by atoms with E-state index in [0.717, 1.165) is 28.2 Å². The second-order valence-corrected chi connectivity index (χ2v) is 7.47. The lowest BCUT2D eigenvalue weighted by molar-refractivity contribution is 0.233. The maximum absolute atomic E-state index is 5.75. The Morgan fingerprint density at radius 2 is 2.24 bits per heavy atom. The van der Waals surface area contributed by atoms with Crippen LogP contribution < -0.4 is 10.5 Å². The zero-order valence-corrected chi connectivity index (χ0v) is 14.9. The Morgan fingerprint density at radius 1 is 1.43 bits per heavy atom. The third-order valence-corrected chi connectivity index (χ3v) is 4.72. The van der Waals surface area contributed by atoms with E-state index < -0.39 is 0 Å². The number of likely N-dealkylation sites (N-methyl/N-ethyl adjacent to an activating group) is 1. The maximum atomic E-state index is 5.75. The van der Waals surface area contributed by atoms with Gasteiger partial charge in [-0.05, 0) is 52.1 Å². The van der Waals surface area contributed by atoms with Gasteiger partial charge in [-0.3, -0.25) is 4.90 Å². The number of rotatable bonds is 7. The lowest BCUT2D eigenvalue weighted by Gasteiger charge is -2.16. The molecule has 1 aromatic carbocycles. The van der Waals surface area contributed by atoms with Crippen LogP contribution in [0, 0.1) is 0 Å². The molecule has 0 aliphatic rings. The van der Waals surface area contributed by atoms with Crippen molar-refractivity contribution in [3.05, 3.63) is 50.6 Å². The highest BCUT2D eigenvalue weighted by molar-refractivity contribution is 9.11. The number of hydrogen-bond donors (Lipinski definition) is 1. The second-order valence-electron chi connectivity index (χ2n) is 4.74. The Labute approximate surface area is 142 Å². The molecule has 0 radical (unpaired) electrons. The van der Waals surface area contributed by atoms with Crippen molar-refractivity contribution in [2.24, 2.45) is 5.73 Å². The van der Waals surface area contributed by atoms with Gasteiger partial charge in [0.25, 0.3) is 0 Å². The number of ether oxygens (including phenoxy) is 1. The number of halogens is 1. The minimum Gasteiger partial charge on any atom is -0.492 e. The van der Waals surface area contributed by atoms with Crippen LogP contribution >= 0.6 is 39.5 Å². The molecule has 21 heavy (non-hydrogen) atoms. The van der Waals surface area contributed by atoms with Gasteiger partial charge < -0.3 is 10.5 Å². The molecule has 112 valence electrons. The molecule has 0 unspecified atom stereocenters. The van der Waals surface area contributed by atoms with Crippen LogP contribution in [0.5, 0.6) is 5.75 Å². The molecule has 0 aliphatic carbocycles. The molecule has 2 aromatic rings. The number of benzene rings is 1. The topological polar surface area (TPSA) is 38.5 Å². The number of hydrogen-bond acceptors (Lipinski definition) is 4. The van der Waals surface area contributed by atoms with E-state index in [4.69, 9.17) is 22.7 Å². The van der Waals surface area contributed by atoms with Crippen molar-refractivity contribution in [2.45, 2.75) is 6.54 Å². The van der Waals surface area contributed by atoms with Gasteiger partial charge in [0.1, 0.15) is 17.3 Å². The summed E-state index contributed by atoms with van der Waals surface area (Å²) in [6.45, 7) is 2.39. The Bertz CT molecular complexity index is 615. The first-order valence-electron chi connectivity index (χ1n) is 6.49. The zero-order chi connectivity index (χ0) is 15.2. The fourth-order valence-electron chi connectivity index (χ4n) is 1.88. The van der Waals surface area contributed by atoms with Gasteiger partial charge in [0.05, 0.1) is 3.79 Å². The van der Waals surface area contributed by atoms with Gasteiger partial charge in [-0.2, -0.15) is 0 Å². The fraction of sp³-hybridized carbons (Fsp3) is 0.267. The third-order valence-electron chi connectivity index (χ3n) is 2.93. The highest BCUT2D eigenvalue weighted by Crippen LogP contribution is 2.21. The smallest absolute Gasteiger partial charge is 0.120 e. The van der Waals surface area contributed by atoms with Crippen molar-refractivity contribution in [2.75, 3.05) is 20.2 Å². The van der Waals surface area contributed by atoms with Gasteiger partial charge in [-0.15, -0.1) is 11.3 Å². The van der Waals surface area contributed by atoms with E-state index in [-0.39, 0.29) is 0 Å². The van der Waals surface area contributed by atoms with Gasteiger partial charge in [-0.25, -0.2) is 0 Å². The Kier molecular flexibility index (Phi) is 6.17. The molecule has 0 amide bonds. The fourth-order valence-corrected chi connectivity index (χ4v) is 3.21. The predicted molar refractivity (Wildman–Crippen MR) is 96.2 cm³/mol. The van der Waals surface area contributed by atoms with Crippen molar-refractivity contribution in [3.63, 3.8) is 0 Å². The average molecular weight is 385 g/mol. The molecule has 0 bridgehead atoms. The van der Waals surface area contributed by atoms with Crippen molar-refractivity contribution < 1.29 is 4.74 Å². The summed E-state index contributed by atoms with van der Waals surface area (Å²) in [6, 6.07) is 9.72. The van der Waals surface area contributed by atoms with Crippen LogP contribution in [0.2, 0.25) is 0 Å². The summed E-state index contributed by atoms with van der Waals surface area (Å²) in [5.74, 6) is 0.798. The number of thiophene rings is 1. The molecular weight excluding hydrogens is 368 g/mol. The Balaban J connectivity index is 1.78. The van der Waals surface area contributed by atoms with Crippen LogP contribution in [0.15, 0.2) is 39.5 Å². The molecule has 2 rings (SSSR count). The molecule has 1 heterocycles. The normalized spacial score (nSPS) is 10.8. The molecule has 0 saturated carbocycles. The molecule has 0 fully saturated rings. The van der Waals surface area contributed by atoms with Crippen molar-refractivity contribution in [3.8, 4) is 5.75 Å². The van der Waals surface area contributed by atoms with Gasteiger partial charge in [0.15, 0.2) is 0 Å². The molecule has 2 N–H and O–H groups in total. The van der Waals surface area contributed by atoms with E-state index in [9.17, 15) is 0 Å². The van der Waals surface area contributed by atoms with Crippen LogP contribution in [-0.4, -0.2) is 30.1 Å². The van der Waals surface area contributed by atoms with Crippen LogP contribution in [0.4, 0.5) is 0 Å². The quantitative estimate of drug-likeness (QED) is 0.739. The standard InChI is InChI=1S/C15H17BrN2OS2/c1-18(9-11-7-14(16)21-10-11)5-6-19-13-4-2-3-12(8-13)15(17)20/h2-4,7-8,10H,5-6,9H2,1H3,(H2,17,20). The van der Waals surface area contributed by atoms with E-state index in [1.807, 2.05) is 24.3 Å². The Morgan fingerprint density at radius 3 is 2.90 bits per heavy atom. The van der Waals surface area contributed by atoms with E-state index >= 15 is 0 Å². The summed E-state index contributed by atoms with van der Waals surface area (Å²) in [6.07, 6.45) is 0. The highest BCUT2D eigenvalue weighted by atomic mass is 79.9. The van der Waals surface area contributed by atoms with Crippen LogP contribution in [0.3, 0.4) is 0 Å².